The van der Waals surface area contributed by atoms with Gasteiger partial charge in [-0.25, -0.2) is 8.42 Å². The van der Waals surface area contributed by atoms with E-state index in [0.29, 0.717) is 27.6 Å². The molecule has 1 atom stereocenters. The molecule has 3 rings (SSSR count). The number of carbonyl (C=O) groups is 2. The van der Waals surface area contributed by atoms with Crippen LogP contribution in [0.25, 0.3) is 0 Å². The summed E-state index contributed by atoms with van der Waals surface area (Å²) in [7, 11) is -3.76. The third kappa shape index (κ3) is 6.86. The van der Waals surface area contributed by atoms with Gasteiger partial charge in [-0.1, -0.05) is 50.6 Å². The van der Waals surface area contributed by atoms with Gasteiger partial charge in [0.05, 0.1) is 11.9 Å². The number of sulfonamides is 1. The molecule has 9 heteroatoms. The summed E-state index contributed by atoms with van der Waals surface area (Å²) >= 11 is 5.92. The second-order valence-corrected chi connectivity index (χ2v) is 11.9. The Balaban J connectivity index is 1.73. The van der Waals surface area contributed by atoms with Crippen LogP contribution in [0.3, 0.4) is 0 Å². The first-order valence-corrected chi connectivity index (χ1v) is 13.6. The number of hydrogen-bond acceptors (Lipinski definition) is 4. The van der Waals surface area contributed by atoms with Gasteiger partial charge in [0.25, 0.3) is 5.91 Å². The van der Waals surface area contributed by atoms with Gasteiger partial charge in [0.1, 0.15) is 6.04 Å². The van der Waals surface area contributed by atoms with Crippen molar-refractivity contribution in [1.82, 2.24) is 0 Å². The number of amides is 2. The van der Waals surface area contributed by atoms with Crippen LogP contribution in [-0.4, -0.2) is 32.5 Å². The average molecular weight is 528 g/mol. The summed E-state index contributed by atoms with van der Waals surface area (Å²) in [5, 5.41) is 6.01. The minimum Gasteiger partial charge on any atom is -0.324 e. The third-order valence-electron chi connectivity index (χ3n) is 5.57. The molecule has 1 unspecified atom stereocenters. The summed E-state index contributed by atoms with van der Waals surface area (Å²) in [5.41, 5.74) is 2.85. The van der Waals surface area contributed by atoms with Gasteiger partial charge in [-0.05, 0) is 72.5 Å². The summed E-state index contributed by atoms with van der Waals surface area (Å²) < 4.78 is 26.0. The van der Waals surface area contributed by atoms with Gasteiger partial charge < -0.3 is 10.6 Å². The molecule has 0 heterocycles. The van der Waals surface area contributed by atoms with Crippen molar-refractivity contribution in [2.75, 3.05) is 21.2 Å². The Hall–Kier alpha value is -3.36. The lowest BCUT2D eigenvalue weighted by atomic mass is 9.87. The summed E-state index contributed by atoms with van der Waals surface area (Å²) in [5.74, 6) is -0.810. The molecule has 0 saturated carbocycles. The van der Waals surface area contributed by atoms with Crippen LogP contribution in [-0.2, 0) is 20.2 Å². The van der Waals surface area contributed by atoms with Gasteiger partial charge in [-0.15, -0.1) is 0 Å². The quantitative estimate of drug-likeness (QED) is 0.413. The lowest BCUT2D eigenvalue weighted by Crippen LogP contribution is -2.45. The fourth-order valence-electron chi connectivity index (χ4n) is 3.64. The second kappa shape index (κ2) is 10.7. The van der Waals surface area contributed by atoms with E-state index in [1.165, 1.54) is 19.1 Å². The standard InChI is InChI=1S/C27H30ClN3O4S/c1-18(31(36(5,34)35)24-15-13-21(28)14-16-24)25(32)29-22-7-6-8-23(17-22)30-26(33)19-9-11-20(12-10-19)27(2,3)4/h6-18H,1-5H3,(H,29,32)(H,30,33). The molecular formula is C27H30ClN3O4S. The first kappa shape index (κ1) is 27.2. The predicted octanol–water partition coefficient (Wildman–Crippen LogP) is 5.68. The zero-order valence-corrected chi connectivity index (χ0v) is 22.4. The number of rotatable bonds is 7. The Bertz CT molecular complexity index is 1350. The van der Waals surface area contributed by atoms with Crippen molar-refractivity contribution in [1.29, 1.82) is 0 Å². The fourth-order valence-corrected chi connectivity index (χ4v) is 4.94. The van der Waals surface area contributed by atoms with E-state index in [1.807, 2.05) is 12.1 Å². The molecule has 190 valence electrons. The molecule has 0 radical (unpaired) electrons. The molecule has 3 aromatic carbocycles. The summed E-state index contributed by atoms with van der Waals surface area (Å²) in [4.78, 5) is 25.7. The minimum atomic E-state index is -3.76. The molecule has 7 nitrogen and oxygen atoms in total. The fraction of sp³-hybridized carbons (Fsp3) is 0.259. The molecule has 0 fully saturated rings. The van der Waals surface area contributed by atoms with Crippen LogP contribution in [0.15, 0.2) is 72.8 Å². The molecule has 36 heavy (non-hydrogen) atoms. The Kier molecular flexibility index (Phi) is 8.11. The van der Waals surface area contributed by atoms with E-state index >= 15 is 0 Å². The summed E-state index contributed by atoms with van der Waals surface area (Å²) in [6.45, 7) is 7.81. The Morgan fingerprint density at radius 2 is 1.44 bits per heavy atom. The van der Waals surface area contributed by atoms with Crippen LogP contribution in [0.1, 0.15) is 43.6 Å². The summed E-state index contributed by atoms with van der Waals surface area (Å²) in [6, 6.07) is 19.2. The zero-order valence-electron chi connectivity index (χ0n) is 20.9. The normalized spacial score (nSPS) is 12.5. The Morgan fingerprint density at radius 1 is 0.889 bits per heavy atom. The first-order chi connectivity index (χ1) is 16.8. The number of carbonyl (C=O) groups excluding carboxylic acids is 2. The molecule has 0 aliphatic heterocycles. The SMILES string of the molecule is CC(C(=O)Nc1cccc(NC(=O)c2ccc(C(C)(C)C)cc2)c1)N(c1ccc(Cl)cc1)S(C)(=O)=O. The van der Waals surface area contributed by atoms with Gasteiger partial charge in [-0.3, -0.25) is 13.9 Å². The van der Waals surface area contributed by atoms with E-state index in [-0.39, 0.29) is 11.3 Å². The molecule has 0 bridgehead atoms. The van der Waals surface area contributed by atoms with Crippen LogP contribution in [0.2, 0.25) is 5.02 Å². The molecule has 2 N–H and O–H groups in total. The van der Waals surface area contributed by atoms with E-state index in [1.54, 1.807) is 48.5 Å². The molecule has 0 aliphatic rings. The van der Waals surface area contributed by atoms with Gasteiger partial charge in [0, 0.05) is 22.0 Å². The monoisotopic (exact) mass is 527 g/mol. The van der Waals surface area contributed by atoms with Crippen LogP contribution < -0.4 is 14.9 Å². The van der Waals surface area contributed by atoms with Crippen LogP contribution >= 0.6 is 11.6 Å². The number of halogens is 1. The van der Waals surface area contributed by atoms with Crippen molar-refractivity contribution in [3.63, 3.8) is 0 Å². The van der Waals surface area contributed by atoms with Gasteiger partial charge >= 0.3 is 0 Å². The number of benzene rings is 3. The maximum Gasteiger partial charge on any atom is 0.255 e. The topological polar surface area (TPSA) is 95.6 Å². The number of nitrogens with one attached hydrogen (secondary N) is 2. The molecule has 0 aromatic heterocycles. The smallest absolute Gasteiger partial charge is 0.255 e. The van der Waals surface area contributed by atoms with E-state index in [9.17, 15) is 18.0 Å². The highest BCUT2D eigenvalue weighted by molar-refractivity contribution is 7.92. The lowest BCUT2D eigenvalue weighted by molar-refractivity contribution is -0.116. The molecule has 0 saturated heterocycles. The van der Waals surface area contributed by atoms with Crippen LogP contribution in [0.5, 0.6) is 0 Å². The maximum absolute atomic E-state index is 13.0. The predicted molar refractivity (Wildman–Crippen MR) is 146 cm³/mol. The molecule has 3 aromatic rings. The van der Waals surface area contributed by atoms with Gasteiger partial charge in [0.15, 0.2) is 0 Å². The van der Waals surface area contributed by atoms with Crippen molar-refractivity contribution in [2.45, 2.75) is 39.2 Å². The highest BCUT2D eigenvalue weighted by atomic mass is 35.5. The van der Waals surface area contributed by atoms with E-state index in [4.69, 9.17) is 11.6 Å². The Morgan fingerprint density at radius 3 is 1.97 bits per heavy atom. The minimum absolute atomic E-state index is 0.0150. The first-order valence-electron chi connectivity index (χ1n) is 11.3. The van der Waals surface area contributed by atoms with Crippen LogP contribution in [0.4, 0.5) is 17.1 Å². The van der Waals surface area contributed by atoms with E-state index in [2.05, 4.69) is 31.4 Å². The van der Waals surface area contributed by atoms with E-state index in [0.717, 1.165) is 16.1 Å². The van der Waals surface area contributed by atoms with Gasteiger partial charge in [0.2, 0.25) is 15.9 Å². The molecule has 0 spiro atoms. The Labute approximate surface area is 217 Å². The van der Waals surface area contributed by atoms with Gasteiger partial charge in [-0.2, -0.15) is 0 Å². The highest BCUT2D eigenvalue weighted by Gasteiger charge is 2.29. The average Bonchev–Trinajstić information content (AvgIpc) is 2.79. The maximum atomic E-state index is 13.0. The van der Waals surface area contributed by atoms with Crippen molar-refractivity contribution >= 4 is 50.5 Å². The second-order valence-electron chi connectivity index (χ2n) is 9.56. The van der Waals surface area contributed by atoms with E-state index < -0.39 is 22.0 Å². The van der Waals surface area contributed by atoms with Crippen molar-refractivity contribution in [2.24, 2.45) is 0 Å². The van der Waals surface area contributed by atoms with Crippen molar-refractivity contribution in [3.8, 4) is 0 Å². The highest BCUT2D eigenvalue weighted by Crippen LogP contribution is 2.25. The summed E-state index contributed by atoms with van der Waals surface area (Å²) in [6.07, 6.45) is 1.04. The number of anilines is 3. The molecule has 0 aliphatic carbocycles. The third-order valence-corrected chi connectivity index (χ3v) is 7.06. The lowest BCUT2D eigenvalue weighted by Gasteiger charge is -2.28. The molecule has 2 amide bonds. The van der Waals surface area contributed by atoms with Crippen LogP contribution in [0, 0.1) is 0 Å². The number of hydrogen-bond donors (Lipinski definition) is 2. The van der Waals surface area contributed by atoms with Crippen molar-refractivity contribution < 1.29 is 18.0 Å². The zero-order chi connectivity index (χ0) is 26.7. The number of nitrogens with zero attached hydrogens (tertiary/aromatic N) is 1. The van der Waals surface area contributed by atoms with Crippen molar-refractivity contribution in [3.05, 3.63) is 88.9 Å². The molecular weight excluding hydrogens is 498 g/mol. The largest absolute Gasteiger partial charge is 0.324 e.